The molecule has 0 unspecified atom stereocenters. The smallest absolute Gasteiger partial charge is 0.227 e. The number of aryl methyl sites for hydroxylation is 2. The van der Waals surface area contributed by atoms with E-state index in [4.69, 9.17) is 4.42 Å². The van der Waals surface area contributed by atoms with E-state index in [1.54, 1.807) is 23.6 Å². The molecule has 2 aromatic heterocycles. The van der Waals surface area contributed by atoms with Gasteiger partial charge in [-0.25, -0.2) is 0 Å². The van der Waals surface area contributed by atoms with Crippen molar-refractivity contribution in [2.75, 3.05) is 7.05 Å². The van der Waals surface area contributed by atoms with Crippen molar-refractivity contribution in [1.82, 2.24) is 9.88 Å². The third-order valence-corrected chi connectivity index (χ3v) is 4.78. The summed E-state index contributed by atoms with van der Waals surface area (Å²) in [6.45, 7) is 0.567. The van der Waals surface area contributed by atoms with Crippen LogP contribution < -0.4 is 0 Å². The Labute approximate surface area is 141 Å². The van der Waals surface area contributed by atoms with Crippen molar-refractivity contribution < 1.29 is 9.21 Å². The first-order valence-electron chi connectivity index (χ1n) is 8.35. The van der Waals surface area contributed by atoms with Gasteiger partial charge in [0.25, 0.3) is 0 Å². The third-order valence-electron chi connectivity index (χ3n) is 4.78. The summed E-state index contributed by atoms with van der Waals surface area (Å²) in [4.78, 5) is 18.4. The molecule has 0 radical (unpaired) electrons. The zero-order chi connectivity index (χ0) is 16.5. The Hall–Kier alpha value is -2.62. The van der Waals surface area contributed by atoms with Gasteiger partial charge in [-0.1, -0.05) is 6.07 Å². The first kappa shape index (κ1) is 14.9. The van der Waals surface area contributed by atoms with E-state index >= 15 is 0 Å². The fraction of sp³-hybridized carbons (Fsp3) is 0.300. The summed E-state index contributed by atoms with van der Waals surface area (Å²) in [6, 6.07) is 8.22. The number of fused-ring (bicyclic) bond motifs is 2. The molecule has 122 valence electrons. The number of benzene rings is 1. The lowest BCUT2D eigenvalue weighted by Gasteiger charge is -2.16. The Bertz CT molecular complexity index is 883. The molecule has 0 saturated heterocycles. The molecule has 24 heavy (non-hydrogen) atoms. The number of aromatic nitrogens is 1. The molecule has 4 heteroatoms. The predicted molar refractivity (Wildman–Crippen MR) is 92.7 cm³/mol. The monoisotopic (exact) mass is 320 g/mol. The van der Waals surface area contributed by atoms with Crippen LogP contribution in [0.1, 0.15) is 28.7 Å². The van der Waals surface area contributed by atoms with Crippen LogP contribution in [0.3, 0.4) is 0 Å². The molecule has 1 amide bonds. The van der Waals surface area contributed by atoms with Gasteiger partial charge in [0.2, 0.25) is 5.91 Å². The minimum atomic E-state index is 0.0852. The van der Waals surface area contributed by atoms with E-state index in [2.05, 4.69) is 17.1 Å². The summed E-state index contributed by atoms with van der Waals surface area (Å²) in [5, 5.41) is 1.08. The highest BCUT2D eigenvalue weighted by atomic mass is 16.3. The van der Waals surface area contributed by atoms with Crippen LogP contribution in [0.15, 0.2) is 47.3 Å². The highest BCUT2D eigenvalue weighted by Crippen LogP contribution is 2.30. The Morgan fingerprint density at radius 2 is 2.12 bits per heavy atom. The maximum atomic E-state index is 12.6. The van der Waals surface area contributed by atoms with Crippen molar-refractivity contribution in [2.24, 2.45) is 0 Å². The number of amides is 1. The molecule has 0 saturated carbocycles. The van der Waals surface area contributed by atoms with Gasteiger partial charge >= 0.3 is 0 Å². The predicted octanol–water partition coefficient (Wildman–Crippen LogP) is 3.52. The number of nitrogens with zero attached hydrogens (tertiary/aromatic N) is 2. The molecule has 0 fully saturated rings. The molecule has 0 bridgehead atoms. The number of hydrogen-bond donors (Lipinski definition) is 0. The number of carbonyl (C=O) groups is 1. The molecule has 3 aromatic rings. The van der Waals surface area contributed by atoms with Gasteiger partial charge in [0, 0.05) is 36.9 Å². The number of furan rings is 1. The summed E-state index contributed by atoms with van der Waals surface area (Å²) >= 11 is 0. The fourth-order valence-electron chi connectivity index (χ4n) is 3.44. The molecule has 0 aliphatic heterocycles. The highest BCUT2D eigenvalue weighted by molar-refractivity contribution is 5.88. The van der Waals surface area contributed by atoms with E-state index < -0.39 is 0 Å². The first-order valence-corrected chi connectivity index (χ1v) is 8.35. The average molecular weight is 320 g/mol. The Kier molecular flexibility index (Phi) is 3.81. The molecule has 4 rings (SSSR count). The average Bonchev–Trinajstić information content (AvgIpc) is 3.20. The second-order valence-corrected chi connectivity index (χ2v) is 6.52. The summed E-state index contributed by atoms with van der Waals surface area (Å²) in [5.41, 5.74) is 5.70. The van der Waals surface area contributed by atoms with Crippen LogP contribution in [-0.4, -0.2) is 22.8 Å². The topological polar surface area (TPSA) is 46.3 Å². The van der Waals surface area contributed by atoms with Crippen LogP contribution in [-0.2, 0) is 30.6 Å². The third kappa shape index (κ3) is 2.80. The Morgan fingerprint density at radius 3 is 2.92 bits per heavy atom. The number of hydrogen-bond acceptors (Lipinski definition) is 3. The van der Waals surface area contributed by atoms with E-state index in [-0.39, 0.29) is 5.91 Å². The Morgan fingerprint density at radius 1 is 1.29 bits per heavy atom. The molecule has 4 nitrogen and oxygen atoms in total. The molecule has 2 heterocycles. The van der Waals surface area contributed by atoms with Crippen LogP contribution in [0.4, 0.5) is 0 Å². The van der Waals surface area contributed by atoms with Gasteiger partial charge in [-0.3, -0.25) is 9.78 Å². The van der Waals surface area contributed by atoms with E-state index in [1.807, 2.05) is 19.2 Å². The number of pyridine rings is 1. The standard InChI is InChI=1S/C20H20N2O2/c1-22(12-14-4-3-7-21-11-14)20(23)10-17-13-24-19-9-16-6-2-5-15(16)8-18(17)19/h3-4,7-9,11,13H,2,5-6,10,12H2,1H3. The lowest BCUT2D eigenvalue weighted by molar-refractivity contribution is -0.129. The maximum Gasteiger partial charge on any atom is 0.227 e. The van der Waals surface area contributed by atoms with Gasteiger partial charge in [-0.05, 0) is 54.2 Å². The fourth-order valence-corrected chi connectivity index (χ4v) is 3.44. The van der Waals surface area contributed by atoms with Crippen molar-refractivity contribution in [1.29, 1.82) is 0 Å². The molecular formula is C20H20N2O2. The number of carbonyl (C=O) groups excluding carboxylic acids is 1. The Balaban J connectivity index is 1.52. The van der Waals surface area contributed by atoms with Crippen molar-refractivity contribution in [3.05, 3.63) is 65.2 Å². The molecular weight excluding hydrogens is 300 g/mol. The van der Waals surface area contributed by atoms with Crippen molar-refractivity contribution in [3.63, 3.8) is 0 Å². The maximum absolute atomic E-state index is 12.6. The van der Waals surface area contributed by atoms with Crippen LogP contribution in [0, 0.1) is 0 Å². The molecule has 1 aliphatic carbocycles. The van der Waals surface area contributed by atoms with E-state index in [9.17, 15) is 4.79 Å². The number of rotatable bonds is 4. The zero-order valence-electron chi connectivity index (χ0n) is 13.8. The van der Waals surface area contributed by atoms with Gasteiger partial charge in [0.05, 0.1) is 12.7 Å². The summed E-state index contributed by atoms with van der Waals surface area (Å²) in [7, 11) is 1.83. The molecule has 1 aromatic carbocycles. The quantitative estimate of drug-likeness (QED) is 0.739. The molecule has 0 atom stereocenters. The normalized spacial score (nSPS) is 13.2. The van der Waals surface area contributed by atoms with Crippen molar-refractivity contribution >= 4 is 16.9 Å². The van der Waals surface area contributed by atoms with Gasteiger partial charge in [-0.15, -0.1) is 0 Å². The van der Waals surface area contributed by atoms with Gasteiger partial charge in [0.1, 0.15) is 5.58 Å². The zero-order valence-corrected chi connectivity index (χ0v) is 13.8. The molecule has 1 aliphatic rings. The number of likely N-dealkylation sites (N-methyl/N-ethyl adjacent to an activating group) is 1. The van der Waals surface area contributed by atoms with Gasteiger partial charge in [0.15, 0.2) is 0 Å². The van der Waals surface area contributed by atoms with Crippen LogP contribution >= 0.6 is 0 Å². The molecule has 0 spiro atoms. The van der Waals surface area contributed by atoms with Crippen LogP contribution in [0.5, 0.6) is 0 Å². The van der Waals surface area contributed by atoms with E-state index in [1.165, 1.54) is 17.5 Å². The molecule has 0 N–H and O–H groups in total. The first-order chi connectivity index (χ1) is 11.7. The van der Waals surface area contributed by atoms with Crippen molar-refractivity contribution in [2.45, 2.75) is 32.2 Å². The van der Waals surface area contributed by atoms with E-state index in [0.717, 1.165) is 34.9 Å². The summed E-state index contributed by atoms with van der Waals surface area (Å²) in [5.74, 6) is 0.0852. The van der Waals surface area contributed by atoms with Crippen LogP contribution in [0.2, 0.25) is 0 Å². The largest absolute Gasteiger partial charge is 0.464 e. The van der Waals surface area contributed by atoms with Gasteiger partial charge in [-0.2, -0.15) is 0 Å². The SMILES string of the molecule is CN(Cc1cccnc1)C(=O)Cc1coc2cc3c(cc12)CCC3. The highest BCUT2D eigenvalue weighted by Gasteiger charge is 2.18. The lowest BCUT2D eigenvalue weighted by atomic mass is 10.0. The summed E-state index contributed by atoms with van der Waals surface area (Å²) < 4.78 is 5.69. The van der Waals surface area contributed by atoms with Crippen LogP contribution in [0.25, 0.3) is 11.0 Å². The second kappa shape index (κ2) is 6.11. The summed E-state index contributed by atoms with van der Waals surface area (Å²) in [6.07, 6.45) is 9.10. The second-order valence-electron chi connectivity index (χ2n) is 6.52. The lowest BCUT2D eigenvalue weighted by Crippen LogP contribution is -2.27. The van der Waals surface area contributed by atoms with E-state index in [0.29, 0.717) is 13.0 Å². The van der Waals surface area contributed by atoms with Crippen molar-refractivity contribution in [3.8, 4) is 0 Å². The van der Waals surface area contributed by atoms with Gasteiger partial charge < -0.3 is 9.32 Å². The minimum Gasteiger partial charge on any atom is -0.464 e. The minimum absolute atomic E-state index is 0.0852.